The first-order chi connectivity index (χ1) is 5.96. The van der Waals surface area contributed by atoms with Gasteiger partial charge in [0.15, 0.2) is 0 Å². The summed E-state index contributed by atoms with van der Waals surface area (Å²) in [7, 11) is 1.49. The summed E-state index contributed by atoms with van der Waals surface area (Å²) in [6.07, 6.45) is 3.35. The van der Waals surface area contributed by atoms with E-state index in [2.05, 4.69) is 20.8 Å². The average Bonchev–Trinajstić information content (AvgIpc) is 2.49. The minimum atomic E-state index is -0.0163. The van der Waals surface area contributed by atoms with Crippen LogP contribution in [0.1, 0.15) is 40.0 Å². The number of methoxy groups -OCH3 is 1. The Morgan fingerprint density at radius 2 is 1.92 bits per heavy atom. The zero-order chi connectivity index (χ0) is 10.1. The molecular formula is C11H20O2. The second-order valence-corrected chi connectivity index (χ2v) is 5.03. The number of hydrogen-bond donors (Lipinski definition) is 0. The van der Waals surface area contributed by atoms with E-state index < -0.39 is 0 Å². The minimum absolute atomic E-state index is 0.0163. The number of hydrogen-bond acceptors (Lipinski definition) is 2. The fraction of sp³-hybridized carbons (Fsp3) is 0.909. The van der Waals surface area contributed by atoms with Crippen LogP contribution >= 0.6 is 0 Å². The SMILES string of the molecule is COC(=O)[C@H]1CCC[C@@H]1C(C)(C)C. The van der Waals surface area contributed by atoms with Crippen molar-refractivity contribution >= 4 is 5.97 Å². The van der Waals surface area contributed by atoms with E-state index in [0.29, 0.717) is 5.92 Å². The van der Waals surface area contributed by atoms with Crippen LogP contribution in [0.15, 0.2) is 0 Å². The van der Waals surface area contributed by atoms with E-state index in [4.69, 9.17) is 4.74 Å². The maximum atomic E-state index is 11.4. The highest BCUT2D eigenvalue weighted by Gasteiger charge is 2.40. The number of ether oxygens (including phenoxy) is 1. The third-order valence-corrected chi connectivity index (χ3v) is 3.13. The van der Waals surface area contributed by atoms with Crippen molar-refractivity contribution in [2.45, 2.75) is 40.0 Å². The molecule has 2 heteroatoms. The summed E-state index contributed by atoms with van der Waals surface area (Å²) in [4.78, 5) is 11.4. The molecule has 0 radical (unpaired) electrons. The van der Waals surface area contributed by atoms with Gasteiger partial charge in [0, 0.05) is 0 Å². The topological polar surface area (TPSA) is 26.3 Å². The highest BCUT2D eigenvalue weighted by Crippen LogP contribution is 2.43. The van der Waals surface area contributed by atoms with Crippen molar-refractivity contribution in [3.63, 3.8) is 0 Å². The van der Waals surface area contributed by atoms with E-state index >= 15 is 0 Å². The lowest BCUT2D eigenvalue weighted by Gasteiger charge is -2.30. The second-order valence-electron chi connectivity index (χ2n) is 5.03. The van der Waals surface area contributed by atoms with Crippen molar-refractivity contribution < 1.29 is 9.53 Å². The highest BCUT2D eigenvalue weighted by atomic mass is 16.5. The average molecular weight is 184 g/mol. The first-order valence-corrected chi connectivity index (χ1v) is 5.04. The molecular weight excluding hydrogens is 164 g/mol. The molecule has 1 saturated carbocycles. The van der Waals surface area contributed by atoms with Crippen molar-refractivity contribution in [3.05, 3.63) is 0 Å². The Hall–Kier alpha value is -0.530. The predicted octanol–water partition coefficient (Wildman–Crippen LogP) is 2.62. The molecule has 13 heavy (non-hydrogen) atoms. The molecule has 0 bridgehead atoms. The van der Waals surface area contributed by atoms with Crippen molar-refractivity contribution in [1.29, 1.82) is 0 Å². The van der Waals surface area contributed by atoms with Crippen molar-refractivity contribution in [1.82, 2.24) is 0 Å². The maximum Gasteiger partial charge on any atom is 0.308 e. The molecule has 0 aliphatic heterocycles. The quantitative estimate of drug-likeness (QED) is 0.585. The van der Waals surface area contributed by atoms with E-state index in [0.717, 1.165) is 6.42 Å². The molecule has 1 fully saturated rings. The molecule has 0 heterocycles. The Morgan fingerprint density at radius 3 is 2.38 bits per heavy atom. The Balaban J connectivity index is 2.70. The lowest BCUT2D eigenvalue weighted by Crippen LogP contribution is -2.29. The summed E-state index contributed by atoms with van der Waals surface area (Å²) < 4.78 is 4.82. The Morgan fingerprint density at radius 1 is 1.31 bits per heavy atom. The molecule has 2 atom stereocenters. The Labute approximate surface area is 80.7 Å². The van der Waals surface area contributed by atoms with Gasteiger partial charge in [-0.15, -0.1) is 0 Å². The Kier molecular flexibility index (Phi) is 2.99. The fourth-order valence-electron chi connectivity index (χ4n) is 2.43. The van der Waals surface area contributed by atoms with E-state index in [9.17, 15) is 4.79 Å². The van der Waals surface area contributed by atoms with Gasteiger partial charge in [-0.2, -0.15) is 0 Å². The van der Waals surface area contributed by atoms with Crippen LogP contribution in [0.4, 0.5) is 0 Å². The molecule has 1 aliphatic carbocycles. The molecule has 0 saturated heterocycles. The molecule has 0 N–H and O–H groups in total. The molecule has 1 rings (SSSR count). The summed E-state index contributed by atoms with van der Waals surface area (Å²) in [5.74, 6) is 0.627. The van der Waals surface area contributed by atoms with Crippen molar-refractivity contribution in [2.24, 2.45) is 17.3 Å². The number of carbonyl (C=O) groups is 1. The van der Waals surface area contributed by atoms with Crippen LogP contribution < -0.4 is 0 Å². The summed E-state index contributed by atoms with van der Waals surface area (Å²) in [5, 5.41) is 0. The van der Waals surface area contributed by atoms with Crippen LogP contribution in [0.3, 0.4) is 0 Å². The van der Waals surface area contributed by atoms with E-state index in [-0.39, 0.29) is 17.3 Å². The molecule has 0 spiro atoms. The molecule has 76 valence electrons. The fourth-order valence-corrected chi connectivity index (χ4v) is 2.43. The van der Waals surface area contributed by atoms with Gasteiger partial charge in [-0.25, -0.2) is 0 Å². The van der Waals surface area contributed by atoms with Crippen LogP contribution in [-0.2, 0) is 9.53 Å². The van der Waals surface area contributed by atoms with Gasteiger partial charge in [0.1, 0.15) is 0 Å². The van der Waals surface area contributed by atoms with Crippen molar-refractivity contribution in [2.75, 3.05) is 7.11 Å². The standard InChI is InChI=1S/C11H20O2/c1-11(2,3)9-7-5-6-8(9)10(12)13-4/h8-9H,5-7H2,1-4H3/t8-,9-/m0/s1. The van der Waals surface area contributed by atoms with Gasteiger partial charge < -0.3 is 4.74 Å². The molecule has 0 amide bonds. The smallest absolute Gasteiger partial charge is 0.308 e. The number of rotatable bonds is 1. The van der Waals surface area contributed by atoms with E-state index in [1.165, 1.54) is 20.0 Å². The highest BCUT2D eigenvalue weighted by molar-refractivity contribution is 5.73. The predicted molar refractivity (Wildman–Crippen MR) is 52.3 cm³/mol. The number of carbonyl (C=O) groups excluding carboxylic acids is 1. The molecule has 0 aromatic heterocycles. The van der Waals surface area contributed by atoms with Gasteiger partial charge in [0.25, 0.3) is 0 Å². The second kappa shape index (κ2) is 3.69. The lowest BCUT2D eigenvalue weighted by molar-refractivity contribution is -0.148. The van der Waals surface area contributed by atoms with Gasteiger partial charge in [-0.05, 0) is 24.2 Å². The molecule has 2 nitrogen and oxygen atoms in total. The molecule has 0 aromatic carbocycles. The van der Waals surface area contributed by atoms with Crippen molar-refractivity contribution in [3.8, 4) is 0 Å². The zero-order valence-corrected chi connectivity index (χ0v) is 9.09. The zero-order valence-electron chi connectivity index (χ0n) is 9.09. The van der Waals surface area contributed by atoms with E-state index in [1.807, 2.05) is 0 Å². The molecule has 0 aromatic rings. The lowest BCUT2D eigenvalue weighted by atomic mass is 9.75. The van der Waals surface area contributed by atoms with Gasteiger partial charge in [-0.3, -0.25) is 4.79 Å². The summed E-state index contributed by atoms with van der Waals surface area (Å²) in [5.41, 5.74) is 0.232. The van der Waals surface area contributed by atoms with Gasteiger partial charge in [0.2, 0.25) is 0 Å². The van der Waals surface area contributed by atoms with Crippen LogP contribution in [-0.4, -0.2) is 13.1 Å². The summed E-state index contributed by atoms with van der Waals surface area (Å²) >= 11 is 0. The third kappa shape index (κ3) is 2.23. The van der Waals surface area contributed by atoms with Crippen LogP contribution in [0, 0.1) is 17.3 Å². The van der Waals surface area contributed by atoms with Gasteiger partial charge >= 0.3 is 5.97 Å². The van der Waals surface area contributed by atoms with Crippen LogP contribution in [0.25, 0.3) is 0 Å². The molecule has 1 aliphatic rings. The summed E-state index contributed by atoms with van der Waals surface area (Å²) in [6.45, 7) is 6.62. The normalized spacial score (nSPS) is 28.9. The molecule has 0 unspecified atom stereocenters. The number of esters is 1. The first kappa shape index (κ1) is 10.6. The van der Waals surface area contributed by atoms with Gasteiger partial charge in [-0.1, -0.05) is 27.2 Å². The largest absolute Gasteiger partial charge is 0.469 e. The summed E-state index contributed by atoms with van der Waals surface area (Å²) in [6, 6.07) is 0. The van der Waals surface area contributed by atoms with Crippen LogP contribution in [0.5, 0.6) is 0 Å². The van der Waals surface area contributed by atoms with Crippen LogP contribution in [0.2, 0.25) is 0 Å². The third-order valence-electron chi connectivity index (χ3n) is 3.13. The van der Waals surface area contributed by atoms with E-state index in [1.54, 1.807) is 0 Å². The Bertz CT molecular complexity index is 191. The monoisotopic (exact) mass is 184 g/mol. The maximum absolute atomic E-state index is 11.4. The van der Waals surface area contributed by atoms with Gasteiger partial charge in [0.05, 0.1) is 13.0 Å². The first-order valence-electron chi connectivity index (χ1n) is 5.04. The minimum Gasteiger partial charge on any atom is -0.469 e.